The van der Waals surface area contributed by atoms with Crippen LogP contribution in [0.1, 0.15) is 27.2 Å². The highest BCUT2D eigenvalue weighted by molar-refractivity contribution is 5.94. The van der Waals surface area contributed by atoms with Crippen molar-refractivity contribution in [3.8, 4) is 0 Å². The molecule has 0 aliphatic rings. The van der Waals surface area contributed by atoms with Crippen molar-refractivity contribution < 1.29 is 9.18 Å². The van der Waals surface area contributed by atoms with Gasteiger partial charge in [-0.25, -0.2) is 4.39 Å². The maximum atomic E-state index is 13.7. The number of halogens is 1. The Bertz CT molecular complexity index is 440. The molecule has 0 aliphatic heterocycles. The first-order valence-electron chi connectivity index (χ1n) is 6.48. The van der Waals surface area contributed by atoms with Crippen molar-refractivity contribution in [1.29, 1.82) is 0 Å². The lowest BCUT2D eigenvalue weighted by atomic mass is 9.84. The molecule has 0 fully saturated rings. The van der Waals surface area contributed by atoms with Crippen LogP contribution in [0.5, 0.6) is 0 Å². The first-order chi connectivity index (χ1) is 8.76. The maximum Gasteiger partial charge on any atom is 0.231 e. The van der Waals surface area contributed by atoms with Gasteiger partial charge in [0.2, 0.25) is 5.91 Å². The Morgan fingerprint density at radius 2 is 1.95 bits per heavy atom. The van der Waals surface area contributed by atoms with E-state index in [-0.39, 0.29) is 23.8 Å². The summed E-state index contributed by atoms with van der Waals surface area (Å²) in [5.74, 6) is -0.822. The normalized spacial score (nSPS) is 13.2. The molecule has 0 saturated heterocycles. The fourth-order valence-electron chi connectivity index (χ4n) is 2.13. The molecule has 0 aromatic heterocycles. The number of rotatable bonds is 4. The minimum Gasteiger partial charge on any atom is -0.330 e. The van der Waals surface area contributed by atoms with Gasteiger partial charge >= 0.3 is 0 Å². The number of hydrogen-bond acceptors (Lipinski definition) is 2. The van der Waals surface area contributed by atoms with Crippen molar-refractivity contribution in [3.63, 3.8) is 0 Å². The van der Waals surface area contributed by atoms with Gasteiger partial charge in [0.25, 0.3) is 0 Å². The minimum absolute atomic E-state index is 0.00969. The van der Waals surface area contributed by atoms with Gasteiger partial charge < -0.3 is 10.6 Å². The second kappa shape index (κ2) is 6.15. The quantitative estimate of drug-likeness (QED) is 0.911. The smallest absolute Gasteiger partial charge is 0.231 e. The molecule has 2 N–H and O–H groups in total. The highest BCUT2D eigenvalue weighted by atomic mass is 19.1. The number of amides is 1. The van der Waals surface area contributed by atoms with Gasteiger partial charge in [-0.1, -0.05) is 32.9 Å². The van der Waals surface area contributed by atoms with Crippen molar-refractivity contribution in [3.05, 3.63) is 30.1 Å². The molecule has 0 saturated carbocycles. The third-order valence-corrected chi connectivity index (χ3v) is 3.04. The summed E-state index contributed by atoms with van der Waals surface area (Å²) in [5.41, 5.74) is 5.99. The zero-order valence-electron chi connectivity index (χ0n) is 12.1. The van der Waals surface area contributed by atoms with E-state index in [2.05, 4.69) is 20.8 Å². The van der Waals surface area contributed by atoms with E-state index in [4.69, 9.17) is 5.73 Å². The lowest BCUT2D eigenvalue weighted by Gasteiger charge is -2.28. The van der Waals surface area contributed by atoms with Crippen LogP contribution in [0.3, 0.4) is 0 Å². The number of hydrogen-bond donors (Lipinski definition) is 1. The van der Waals surface area contributed by atoms with Gasteiger partial charge in [0.05, 0.1) is 11.6 Å². The predicted molar refractivity (Wildman–Crippen MR) is 76.4 cm³/mol. The third kappa shape index (κ3) is 4.31. The number of nitrogens with zero attached hydrogens (tertiary/aromatic N) is 1. The molecular formula is C15H23FN2O. The van der Waals surface area contributed by atoms with Gasteiger partial charge in [0, 0.05) is 13.6 Å². The van der Waals surface area contributed by atoms with Crippen LogP contribution in [0.4, 0.5) is 10.1 Å². The average molecular weight is 266 g/mol. The second-order valence-corrected chi connectivity index (χ2v) is 6.05. The van der Waals surface area contributed by atoms with Crippen molar-refractivity contribution in [2.45, 2.75) is 27.2 Å². The molecule has 0 aliphatic carbocycles. The molecule has 1 unspecified atom stereocenters. The van der Waals surface area contributed by atoms with E-state index in [9.17, 15) is 9.18 Å². The topological polar surface area (TPSA) is 46.3 Å². The molecule has 0 bridgehead atoms. The van der Waals surface area contributed by atoms with Crippen LogP contribution in [0, 0.1) is 17.2 Å². The Kier molecular flexibility index (Phi) is 5.06. The number of anilines is 1. The van der Waals surface area contributed by atoms with E-state index < -0.39 is 5.82 Å². The fraction of sp³-hybridized carbons (Fsp3) is 0.533. The van der Waals surface area contributed by atoms with E-state index in [1.165, 1.54) is 11.0 Å². The number of carbonyl (C=O) groups is 1. The molecule has 19 heavy (non-hydrogen) atoms. The molecule has 1 aromatic rings. The largest absolute Gasteiger partial charge is 0.330 e. The van der Waals surface area contributed by atoms with Crippen molar-refractivity contribution in [1.82, 2.24) is 0 Å². The summed E-state index contributed by atoms with van der Waals surface area (Å²) in [4.78, 5) is 13.7. The summed E-state index contributed by atoms with van der Waals surface area (Å²) in [6.45, 7) is 6.46. The summed E-state index contributed by atoms with van der Waals surface area (Å²) in [6.07, 6.45) is 0.682. The Labute approximate surface area is 114 Å². The highest BCUT2D eigenvalue weighted by Gasteiger charge is 2.27. The van der Waals surface area contributed by atoms with Crippen molar-refractivity contribution in [2.75, 3.05) is 18.5 Å². The molecule has 1 amide bonds. The van der Waals surface area contributed by atoms with Gasteiger partial charge in [0.15, 0.2) is 0 Å². The van der Waals surface area contributed by atoms with Gasteiger partial charge in [0.1, 0.15) is 5.82 Å². The summed E-state index contributed by atoms with van der Waals surface area (Å²) in [5, 5.41) is 0. The molecule has 106 valence electrons. The Hall–Kier alpha value is -1.42. The first kappa shape index (κ1) is 15.6. The molecule has 0 heterocycles. The van der Waals surface area contributed by atoms with Crippen molar-refractivity contribution in [2.24, 2.45) is 17.1 Å². The lowest BCUT2D eigenvalue weighted by molar-refractivity contribution is -0.122. The third-order valence-electron chi connectivity index (χ3n) is 3.04. The summed E-state index contributed by atoms with van der Waals surface area (Å²) in [6, 6.07) is 6.26. The summed E-state index contributed by atoms with van der Waals surface area (Å²) in [7, 11) is 1.59. The molecule has 0 radical (unpaired) electrons. The van der Waals surface area contributed by atoms with E-state index in [1.54, 1.807) is 25.2 Å². The molecule has 0 spiro atoms. The van der Waals surface area contributed by atoms with Crippen LogP contribution >= 0.6 is 0 Å². The Morgan fingerprint density at radius 3 is 2.42 bits per heavy atom. The predicted octanol–water partition coefficient (Wildman–Crippen LogP) is 2.80. The zero-order chi connectivity index (χ0) is 14.6. The number of carbonyl (C=O) groups excluding carboxylic acids is 1. The molecule has 1 rings (SSSR count). The molecular weight excluding hydrogens is 243 g/mol. The van der Waals surface area contributed by atoms with Gasteiger partial charge in [-0.05, 0) is 24.0 Å². The first-order valence-corrected chi connectivity index (χ1v) is 6.48. The number of benzene rings is 1. The fourth-order valence-corrected chi connectivity index (χ4v) is 2.13. The van der Waals surface area contributed by atoms with Gasteiger partial charge in [-0.15, -0.1) is 0 Å². The summed E-state index contributed by atoms with van der Waals surface area (Å²) < 4.78 is 13.7. The van der Waals surface area contributed by atoms with Crippen LogP contribution in [0.15, 0.2) is 24.3 Å². The Balaban J connectivity index is 2.89. The number of nitrogens with two attached hydrogens (primary N) is 1. The summed E-state index contributed by atoms with van der Waals surface area (Å²) >= 11 is 0. The van der Waals surface area contributed by atoms with Crippen molar-refractivity contribution >= 4 is 11.6 Å². The Morgan fingerprint density at radius 1 is 1.37 bits per heavy atom. The number of para-hydroxylation sites is 1. The van der Waals surface area contributed by atoms with E-state index in [0.29, 0.717) is 12.1 Å². The molecule has 1 atom stereocenters. The van der Waals surface area contributed by atoms with Crippen LogP contribution in [0.2, 0.25) is 0 Å². The monoisotopic (exact) mass is 266 g/mol. The average Bonchev–Trinajstić information content (AvgIpc) is 2.34. The molecule has 1 aromatic carbocycles. The molecule has 3 nitrogen and oxygen atoms in total. The zero-order valence-corrected chi connectivity index (χ0v) is 12.1. The highest BCUT2D eigenvalue weighted by Crippen LogP contribution is 2.27. The second-order valence-electron chi connectivity index (χ2n) is 6.05. The van der Waals surface area contributed by atoms with E-state index >= 15 is 0 Å². The van der Waals surface area contributed by atoms with E-state index in [1.807, 2.05) is 0 Å². The SMILES string of the molecule is CN(C(=O)C(CN)CC(C)(C)C)c1ccccc1F. The van der Waals surface area contributed by atoms with Crippen LogP contribution in [-0.2, 0) is 4.79 Å². The minimum atomic E-state index is -0.398. The van der Waals surface area contributed by atoms with Crippen LogP contribution in [0.25, 0.3) is 0 Å². The van der Waals surface area contributed by atoms with Gasteiger partial charge in [-0.2, -0.15) is 0 Å². The standard InChI is InChI=1S/C15H23FN2O/c1-15(2,3)9-11(10-17)14(19)18(4)13-8-6-5-7-12(13)16/h5-8,11H,9-10,17H2,1-4H3. The van der Waals surface area contributed by atoms with Crippen LogP contribution < -0.4 is 10.6 Å². The maximum absolute atomic E-state index is 13.7. The van der Waals surface area contributed by atoms with Crippen LogP contribution in [-0.4, -0.2) is 19.5 Å². The van der Waals surface area contributed by atoms with Gasteiger partial charge in [-0.3, -0.25) is 4.79 Å². The lowest BCUT2D eigenvalue weighted by Crippen LogP contribution is -2.39. The van der Waals surface area contributed by atoms with E-state index in [0.717, 1.165) is 0 Å². The molecule has 4 heteroatoms.